The van der Waals surface area contributed by atoms with Crippen LogP contribution in [0.1, 0.15) is 17.7 Å². The first-order chi connectivity index (χ1) is 7.75. The topological polar surface area (TPSA) is 40.5 Å². The first-order valence-corrected chi connectivity index (χ1v) is 6.29. The van der Waals surface area contributed by atoms with Crippen LogP contribution in [0.25, 0.3) is 0 Å². The van der Waals surface area contributed by atoms with Gasteiger partial charge in [-0.1, -0.05) is 12.1 Å². The zero-order valence-electron chi connectivity index (χ0n) is 9.00. The number of hydrogen-bond acceptors (Lipinski definition) is 3. The van der Waals surface area contributed by atoms with E-state index in [4.69, 9.17) is 5.11 Å². The predicted octanol–water partition coefficient (Wildman–Crippen LogP) is 2.35. The highest BCUT2D eigenvalue weighted by Crippen LogP contribution is 2.28. The van der Waals surface area contributed by atoms with Gasteiger partial charge >= 0.3 is 5.97 Å². The van der Waals surface area contributed by atoms with Gasteiger partial charge in [-0.05, 0) is 24.3 Å². The summed E-state index contributed by atoms with van der Waals surface area (Å²) in [5.74, 6) is -0.869. The van der Waals surface area contributed by atoms with E-state index in [1.54, 1.807) is 17.4 Å². The molecule has 0 amide bonds. The molecule has 1 aromatic rings. The molecule has 1 saturated carbocycles. The minimum absolute atomic E-state index is 0.653. The highest BCUT2D eigenvalue weighted by Gasteiger charge is 2.28. The van der Waals surface area contributed by atoms with E-state index in [2.05, 4.69) is 22.4 Å². The van der Waals surface area contributed by atoms with Crippen LogP contribution in [-0.4, -0.2) is 28.6 Å². The fraction of sp³-hybridized carbons (Fsp3) is 0.417. The number of thiophene rings is 1. The highest BCUT2D eigenvalue weighted by atomic mass is 32.1. The standard InChI is InChI=1S/C12H15NO2S/c14-12(15)4-1-7-13(10-5-6-10)9-11-3-2-8-16-11/h1-4,8,10H,5-7,9H2,(H,14,15). The van der Waals surface area contributed by atoms with Crippen LogP contribution < -0.4 is 0 Å². The fourth-order valence-electron chi connectivity index (χ4n) is 1.67. The van der Waals surface area contributed by atoms with Crippen LogP contribution >= 0.6 is 11.3 Å². The van der Waals surface area contributed by atoms with E-state index in [1.807, 2.05) is 0 Å². The molecule has 4 heteroatoms. The molecule has 16 heavy (non-hydrogen) atoms. The summed E-state index contributed by atoms with van der Waals surface area (Å²) >= 11 is 1.75. The molecule has 0 bridgehead atoms. The Morgan fingerprint density at radius 2 is 2.44 bits per heavy atom. The normalized spacial score (nSPS) is 16.1. The number of hydrogen-bond donors (Lipinski definition) is 1. The summed E-state index contributed by atoms with van der Waals surface area (Å²) < 4.78 is 0. The molecule has 2 rings (SSSR count). The van der Waals surface area contributed by atoms with Crippen LogP contribution in [0, 0.1) is 0 Å². The second-order valence-corrected chi connectivity index (χ2v) is 5.01. The van der Waals surface area contributed by atoms with E-state index in [0.717, 1.165) is 13.1 Å². The van der Waals surface area contributed by atoms with Gasteiger partial charge in [0.15, 0.2) is 0 Å². The first-order valence-electron chi connectivity index (χ1n) is 5.41. The lowest BCUT2D eigenvalue weighted by atomic mass is 10.3. The third-order valence-corrected chi connectivity index (χ3v) is 3.46. The highest BCUT2D eigenvalue weighted by molar-refractivity contribution is 7.09. The van der Waals surface area contributed by atoms with Gasteiger partial charge in [-0.3, -0.25) is 4.90 Å². The van der Waals surface area contributed by atoms with Crippen molar-refractivity contribution < 1.29 is 9.90 Å². The van der Waals surface area contributed by atoms with Crippen molar-refractivity contribution in [2.75, 3.05) is 6.54 Å². The summed E-state index contributed by atoms with van der Waals surface area (Å²) in [6.07, 6.45) is 5.44. The van der Waals surface area contributed by atoms with Crippen molar-refractivity contribution in [1.82, 2.24) is 4.90 Å². The van der Waals surface area contributed by atoms with Crippen LogP contribution in [0.5, 0.6) is 0 Å². The lowest BCUT2D eigenvalue weighted by molar-refractivity contribution is -0.131. The summed E-state index contributed by atoms with van der Waals surface area (Å²) in [5, 5.41) is 10.6. The van der Waals surface area contributed by atoms with Crippen LogP contribution in [-0.2, 0) is 11.3 Å². The summed E-state index contributed by atoms with van der Waals surface area (Å²) in [4.78, 5) is 14.1. The Labute approximate surface area is 99.0 Å². The third kappa shape index (κ3) is 3.47. The van der Waals surface area contributed by atoms with Crippen molar-refractivity contribution in [3.63, 3.8) is 0 Å². The number of aliphatic carboxylic acids is 1. The number of carbonyl (C=O) groups is 1. The molecule has 0 aromatic carbocycles. The number of rotatable bonds is 6. The van der Waals surface area contributed by atoms with Gasteiger partial charge in [0, 0.05) is 30.1 Å². The molecule has 1 N–H and O–H groups in total. The lowest BCUT2D eigenvalue weighted by Gasteiger charge is -2.18. The quantitative estimate of drug-likeness (QED) is 0.772. The smallest absolute Gasteiger partial charge is 0.328 e. The second kappa shape index (κ2) is 5.27. The zero-order valence-corrected chi connectivity index (χ0v) is 9.82. The molecule has 0 aliphatic heterocycles. The van der Waals surface area contributed by atoms with Crippen molar-refractivity contribution in [3.8, 4) is 0 Å². The molecule has 0 atom stereocenters. The van der Waals surface area contributed by atoms with Crippen LogP contribution in [0.3, 0.4) is 0 Å². The number of carboxylic acid groups (broad SMARTS) is 1. The second-order valence-electron chi connectivity index (χ2n) is 3.98. The summed E-state index contributed by atoms with van der Waals surface area (Å²) in [6.45, 7) is 1.67. The minimum atomic E-state index is -0.869. The molecule has 1 heterocycles. The molecular formula is C12H15NO2S. The van der Waals surface area contributed by atoms with Crippen molar-refractivity contribution >= 4 is 17.3 Å². The largest absolute Gasteiger partial charge is 0.478 e. The molecule has 1 fully saturated rings. The SMILES string of the molecule is O=C(O)C=CCN(Cc1cccs1)C1CC1. The number of carboxylic acids is 1. The molecule has 0 unspecified atom stereocenters. The Balaban J connectivity index is 1.87. The first kappa shape index (κ1) is 11.4. The van der Waals surface area contributed by atoms with E-state index >= 15 is 0 Å². The van der Waals surface area contributed by atoms with Gasteiger partial charge in [-0.25, -0.2) is 4.79 Å². The van der Waals surface area contributed by atoms with Gasteiger partial charge < -0.3 is 5.11 Å². The minimum Gasteiger partial charge on any atom is -0.478 e. The Morgan fingerprint density at radius 3 is 3.00 bits per heavy atom. The molecule has 1 aliphatic rings. The lowest BCUT2D eigenvalue weighted by Crippen LogP contribution is -2.25. The molecule has 0 spiro atoms. The molecule has 86 valence electrons. The Bertz CT molecular complexity index is 368. The van der Waals surface area contributed by atoms with Crippen LogP contribution in [0.4, 0.5) is 0 Å². The van der Waals surface area contributed by atoms with Gasteiger partial charge in [0.25, 0.3) is 0 Å². The fourth-order valence-corrected chi connectivity index (χ4v) is 2.40. The molecule has 0 radical (unpaired) electrons. The molecule has 0 saturated heterocycles. The molecular weight excluding hydrogens is 222 g/mol. The van der Waals surface area contributed by atoms with Gasteiger partial charge in [0.1, 0.15) is 0 Å². The van der Waals surface area contributed by atoms with Crippen molar-refractivity contribution in [2.45, 2.75) is 25.4 Å². The van der Waals surface area contributed by atoms with Gasteiger partial charge in [-0.2, -0.15) is 0 Å². The average molecular weight is 237 g/mol. The Hall–Kier alpha value is -1.13. The van der Waals surface area contributed by atoms with E-state index in [9.17, 15) is 4.79 Å². The molecule has 1 aromatic heterocycles. The maximum absolute atomic E-state index is 10.4. The summed E-state index contributed by atoms with van der Waals surface area (Å²) in [7, 11) is 0. The zero-order chi connectivity index (χ0) is 11.4. The van der Waals surface area contributed by atoms with Gasteiger partial charge in [0.05, 0.1) is 0 Å². The maximum atomic E-state index is 10.4. The third-order valence-electron chi connectivity index (χ3n) is 2.60. The Kier molecular flexibility index (Phi) is 3.74. The van der Waals surface area contributed by atoms with Crippen LogP contribution in [0.15, 0.2) is 29.7 Å². The molecule has 1 aliphatic carbocycles. The maximum Gasteiger partial charge on any atom is 0.328 e. The van der Waals surface area contributed by atoms with Crippen molar-refractivity contribution in [3.05, 3.63) is 34.5 Å². The average Bonchev–Trinajstić information content (AvgIpc) is 2.96. The van der Waals surface area contributed by atoms with E-state index in [1.165, 1.54) is 23.8 Å². The number of nitrogens with zero attached hydrogens (tertiary/aromatic N) is 1. The van der Waals surface area contributed by atoms with Crippen LogP contribution in [0.2, 0.25) is 0 Å². The molecule has 3 nitrogen and oxygen atoms in total. The van der Waals surface area contributed by atoms with E-state index in [-0.39, 0.29) is 0 Å². The Morgan fingerprint density at radius 1 is 1.62 bits per heavy atom. The summed E-state index contributed by atoms with van der Waals surface area (Å²) in [5.41, 5.74) is 0. The van der Waals surface area contributed by atoms with E-state index in [0.29, 0.717) is 6.04 Å². The summed E-state index contributed by atoms with van der Waals surface area (Å²) in [6, 6.07) is 4.83. The predicted molar refractivity (Wildman–Crippen MR) is 64.5 cm³/mol. The van der Waals surface area contributed by atoms with Gasteiger partial charge in [-0.15, -0.1) is 11.3 Å². The van der Waals surface area contributed by atoms with Crippen molar-refractivity contribution in [1.29, 1.82) is 0 Å². The van der Waals surface area contributed by atoms with E-state index < -0.39 is 5.97 Å². The van der Waals surface area contributed by atoms with Gasteiger partial charge in [0.2, 0.25) is 0 Å². The monoisotopic (exact) mass is 237 g/mol. The van der Waals surface area contributed by atoms with Crippen molar-refractivity contribution in [2.24, 2.45) is 0 Å².